The van der Waals surface area contributed by atoms with Crippen molar-refractivity contribution in [2.24, 2.45) is 0 Å². The lowest BCUT2D eigenvalue weighted by Gasteiger charge is -2.31. The van der Waals surface area contributed by atoms with E-state index >= 15 is 0 Å². The minimum atomic E-state index is 0.329. The topological polar surface area (TPSA) is 56.8 Å². The van der Waals surface area contributed by atoms with E-state index in [9.17, 15) is 0 Å². The third-order valence-corrected chi connectivity index (χ3v) is 3.19. The van der Waals surface area contributed by atoms with Gasteiger partial charge in [0.1, 0.15) is 45.3 Å². The lowest BCUT2D eigenvalue weighted by Crippen LogP contribution is -3.30. The summed E-state index contributed by atoms with van der Waals surface area (Å²) < 4.78 is 0. The Morgan fingerprint density at radius 3 is 2.38 bits per heavy atom. The van der Waals surface area contributed by atoms with Crippen molar-refractivity contribution in [2.75, 3.05) is 45.9 Å². The van der Waals surface area contributed by atoms with Crippen LogP contribution in [-0.2, 0) is 0 Å². The predicted octanol–water partition coefficient (Wildman–Crippen LogP) is -4.61. The number of quaternary nitrogens is 3. The standard InChI is InChI=1S/C9H21N3O/c1-9(8-10)12-4-2-11(3-5-12)6-7-13/h9,13H,2-8,10H2,1H3/p+3/t9-/m0/s1. The molecule has 1 atom stereocenters. The molecule has 1 aliphatic heterocycles. The third-order valence-electron chi connectivity index (χ3n) is 3.19. The van der Waals surface area contributed by atoms with Crippen LogP contribution in [0.3, 0.4) is 0 Å². The Morgan fingerprint density at radius 1 is 1.31 bits per heavy atom. The number of aliphatic hydroxyl groups excluding tert-OH is 1. The Morgan fingerprint density at radius 2 is 1.92 bits per heavy atom. The maximum Gasteiger partial charge on any atom is 0.134 e. The highest BCUT2D eigenvalue weighted by Gasteiger charge is 2.26. The van der Waals surface area contributed by atoms with Gasteiger partial charge in [-0.05, 0) is 6.92 Å². The second-order valence-corrected chi connectivity index (χ2v) is 4.07. The molecular formula is C9H24N3O+3. The molecular weight excluding hydrogens is 166 g/mol. The van der Waals surface area contributed by atoms with E-state index in [-0.39, 0.29) is 0 Å². The molecule has 0 spiro atoms. The molecule has 0 bridgehead atoms. The summed E-state index contributed by atoms with van der Waals surface area (Å²) in [6, 6.07) is 0.704. The van der Waals surface area contributed by atoms with Crippen LogP contribution in [0.25, 0.3) is 0 Å². The first-order chi connectivity index (χ1) is 6.27. The van der Waals surface area contributed by atoms with Crippen LogP contribution in [-0.4, -0.2) is 57.0 Å². The van der Waals surface area contributed by atoms with E-state index in [4.69, 9.17) is 5.11 Å². The van der Waals surface area contributed by atoms with Gasteiger partial charge < -0.3 is 20.6 Å². The Labute approximate surface area is 80.3 Å². The van der Waals surface area contributed by atoms with Crippen molar-refractivity contribution in [3.63, 3.8) is 0 Å². The van der Waals surface area contributed by atoms with E-state index < -0.39 is 0 Å². The minimum Gasteiger partial charge on any atom is -0.391 e. The van der Waals surface area contributed by atoms with Crippen LogP contribution >= 0.6 is 0 Å². The van der Waals surface area contributed by atoms with Crippen molar-refractivity contribution >= 4 is 0 Å². The molecule has 1 aliphatic rings. The van der Waals surface area contributed by atoms with Crippen LogP contribution in [0.5, 0.6) is 0 Å². The van der Waals surface area contributed by atoms with Crippen LogP contribution in [0.4, 0.5) is 0 Å². The van der Waals surface area contributed by atoms with E-state index in [0.717, 1.165) is 13.1 Å². The predicted molar refractivity (Wildman–Crippen MR) is 50.6 cm³/mol. The summed E-state index contributed by atoms with van der Waals surface area (Å²) in [5.41, 5.74) is 3.95. The number of aliphatic hydroxyl groups is 1. The van der Waals surface area contributed by atoms with Crippen molar-refractivity contribution < 1.29 is 20.6 Å². The van der Waals surface area contributed by atoms with Crippen LogP contribution in [0.1, 0.15) is 6.92 Å². The number of hydrogen-bond acceptors (Lipinski definition) is 1. The highest BCUT2D eigenvalue weighted by atomic mass is 16.3. The summed E-state index contributed by atoms with van der Waals surface area (Å²) in [6.07, 6.45) is 0. The monoisotopic (exact) mass is 190 g/mol. The molecule has 13 heavy (non-hydrogen) atoms. The summed E-state index contributed by atoms with van der Waals surface area (Å²) >= 11 is 0. The molecule has 1 saturated heterocycles. The van der Waals surface area contributed by atoms with Gasteiger partial charge in [0, 0.05) is 0 Å². The first-order valence-electron chi connectivity index (χ1n) is 5.36. The van der Waals surface area contributed by atoms with E-state index in [1.807, 2.05) is 0 Å². The summed E-state index contributed by atoms with van der Waals surface area (Å²) in [4.78, 5) is 3.25. The molecule has 1 rings (SSSR count). The molecule has 0 radical (unpaired) electrons. The molecule has 0 saturated carbocycles. The first kappa shape index (κ1) is 10.9. The van der Waals surface area contributed by atoms with Gasteiger partial charge in [-0.2, -0.15) is 0 Å². The Balaban J connectivity index is 2.22. The molecule has 1 fully saturated rings. The summed E-state index contributed by atoms with van der Waals surface area (Å²) in [5.74, 6) is 0. The van der Waals surface area contributed by atoms with Gasteiger partial charge in [-0.1, -0.05) is 0 Å². The van der Waals surface area contributed by atoms with E-state index in [2.05, 4.69) is 12.7 Å². The van der Waals surface area contributed by atoms with Crippen molar-refractivity contribution in [3.8, 4) is 0 Å². The van der Waals surface area contributed by atoms with E-state index in [1.54, 1.807) is 9.80 Å². The lowest BCUT2D eigenvalue weighted by atomic mass is 10.2. The maximum absolute atomic E-state index is 8.80. The lowest BCUT2D eigenvalue weighted by molar-refractivity contribution is -1.02. The largest absolute Gasteiger partial charge is 0.391 e. The van der Waals surface area contributed by atoms with Crippen LogP contribution in [0.2, 0.25) is 0 Å². The van der Waals surface area contributed by atoms with Gasteiger partial charge >= 0.3 is 0 Å². The van der Waals surface area contributed by atoms with Gasteiger partial charge in [-0.25, -0.2) is 0 Å². The maximum atomic E-state index is 8.80. The Hall–Kier alpha value is -0.160. The van der Waals surface area contributed by atoms with E-state index in [0.29, 0.717) is 12.6 Å². The zero-order chi connectivity index (χ0) is 9.68. The minimum absolute atomic E-state index is 0.329. The summed E-state index contributed by atoms with van der Waals surface area (Å²) in [5, 5.41) is 8.80. The fourth-order valence-electron chi connectivity index (χ4n) is 2.03. The van der Waals surface area contributed by atoms with Crippen LogP contribution in [0, 0.1) is 0 Å². The highest BCUT2D eigenvalue weighted by molar-refractivity contribution is 4.45. The van der Waals surface area contributed by atoms with Crippen molar-refractivity contribution in [2.45, 2.75) is 13.0 Å². The van der Waals surface area contributed by atoms with E-state index in [1.165, 1.54) is 26.2 Å². The summed E-state index contributed by atoms with van der Waals surface area (Å²) in [6.45, 7) is 9.46. The fourth-order valence-corrected chi connectivity index (χ4v) is 2.03. The van der Waals surface area contributed by atoms with Gasteiger partial charge in [0.05, 0.1) is 6.61 Å². The van der Waals surface area contributed by atoms with Crippen molar-refractivity contribution in [1.29, 1.82) is 0 Å². The van der Waals surface area contributed by atoms with Gasteiger partial charge in [0.15, 0.2) is 0 Å². The number of rotatable bonds is 4. The molecule has 78 valence electrons. The molecule has 4 nitrogen and oxygen atoms in total. The Bertz CT molecular complexity index is 135. The molecule has 0 aromatic carbocycles. The van der Waals surface area contributed by atoms with Gasteiger partial charge in [0.25, 0.3) is 0 Å². The first-order valence-corrected chi connectivity index (χ1v) is 5.36. The molecule has 0 aromatic rings. The van der Waals surface area contributed by atoms with Gasteiger partial charge in [0.2, 0.25) is 0 Å². The average Bonchev–Trinajstić information content (AvgIpc) is 2.18. The SMILES string of the molecule is C[C@@H](C[NH3+])[NH+]1CC[NH+](CCO)CC1. The highest BCUT2D eigenvalue weighted by Crippen LogP contribution is 1.68. The number of nitrogens with one attached hydrogen (secondary N) is 2. The molecule has 0 unspecified atom stereocenters. The Kier molecular flexibility index (Phi) is 4.66. The smallest absolute Gasteiger partial charge is 0.134 e. The molecule has 0 amide bonds. The van der Waals surface area contributed by atoms with Crippen molar-refractivity contribution in [3.05, 3.63) is 0 Å². The normalized spacial score (nSPS) is 31.6. The zero-order valence-electron chi connectivity index (χ0n) is 8.68. The molecule has 1 heterocycles. The quantitative estimate of drug-likeness (QED) is 0.354. The van der Waals surface area contributed by atoms with Gasteiger partial charge in [-0.3, -0.25) is 0 Å². The molecule has 0 aliphatic carbocycles. The molecule has 4 heteroatoms. The second kappa shape index (κ2) is 5.54. The second-order valence-electron chi connectivity index (χ2n) is 4.07. The third kappa shape index (κ3) is 3.23. The van der Waals surface area contributed by atoms with Gasteiger partial charge in [-0.15, -0.1) is 0 Å². The number of hydrogen-bond donors (Lipinski definition) is 4. The van der Waals surface area contributed by atoms with Crippen molar-refractivity contribution in [1.82, 2.24) is 0 Å². The molecule has 6 N–H and O–H groups in total. The summed E-state index contributed by atoms with van der Waals surface area (Å²) in [7, 11) is 0. The van der Waals surface area contributed by atoms with Crippen LogP contribution < -0.4 is 15.5 Å². The number of piperazine rings is 1. The fraction of sp³-hybridized carbons (Fsp3) is 1.00. The zero-order valence-corrected chi connectivity index (χ0v) is 8.68. The molecule has 0 aromatic heterocycles. The average molecular weight is 190 g/mol. The van der Waals surface area contributed by atoms with Crippen LogP contribution in [0.15, 0.2) is 0 Å².